The average Bonchev–Trinajstić information content (AvgIpc) is 2.79. The molecular weight excluding hydrogens is 399 g/mol. The third-order valence-corrected chi connectivity index (χ3v) is 4.58. The summed E-state index contributed by atoms with van der Waals surface area (Å²) in [6.07, 6.45) is 1.39. The maximum absolute atomic E-state index is 13.3. The summed E-state index contributed by atoms with van der Waals surface area (Å²) >= 11 is 0. The van der Waals surface area contributed by atoms with Crippen LogP contribution in [0.25, 0.3) is 22.2 Å². The number of carbonyl (C=O) groups excluding carboxylic acids is 1. The highest BCUT2D eigenvalue weighted by atomic mass is 19.1. The fourth-order valence-corrected chi connectivity index (χ4v) is 3.04. The number of hydrogen-bond donors (Lipinski definition) is 1. The minimum Gasteiger partial charge on any atom is -0.267 e. The van der Waals surface area contributed by atoms with Crippen LogP contribution in [0.1, 0.15) is 15.9 Å². The van der Waals surface area contributed by atoms with Crippen LogP contribution in [0.3, 0.4) is 0 Å². The van der Waals surface area contributed by atoms with E-state index < -0.39 is 10.8 Å². The Morgan fingerprint density at radius 3 is 2.45 bits per heavy atom. The normalized spacial score (nSPS) is 11.0. The van der Waals surface area contributed by atoms with Crippen LogP contribution in [0.2, 0.25) is 0 Å². The molecule has 7 nitrogen and oxygen atoms in total. The van der Waals surface area contributed by atoms with Crippen molar-refractivity contribution in [2.45, 2.75) is 0 Å². The molecule has 0 unspecified atom stereocenters. The average molecular weight is 414 g/mol. The fourth-order valence-electron chi connectivity index (χ4n) is 3.04. The Morgan fingerprint density at radius 2 is 1.74 bits per heavy atom. The summed E-state index contributed by atoms with van der Waals surface area (Å²) in [7, 11) is 0. The van der Waals surface area contributed by atoms with Gasteiger partial charge in [-0.1, -0.05) is 18.2 Å². The van der Waals surface area contributed by atoms with Crippen molar-refractivity contribution in [1.29, 1.82) is 0 Å². The molecule has 0 radical (unpaired) electrons. The molecule has 8 heteroatoms. The number of nitrogens with one attached hydrogen (secondary N) is 1. The number of pyridine rings is 1. The SMILES string of the molecule is O=C(NN=Cc1ccc([N+](=O)[O-])cc1)c1cc(-c2ccc(F)cc2)nc2ccccc12. The minimum absolute atomic E-state index is 0.0298. The standard InChI is InChI=1S/C23H15FN4O3/c24-17-9-7-16(8-10-17)22-13-20(19-3-1-2-4-21(19)26-22)23(29)27-25-14-15-5-11-18(12-6-15)28(30)31/h1-14H,(H,27,29). The highest BCUT2D eigenvalue weighted by Crippen LogP contribution is 2.25. The lowest BCUT2D eigenvalue weighted by Gasteiger charge is -2.09. The van der Waals surface area contributed by atoms with Gasteiger partial charge in [-0.2, -0.15) is 5.10 Å². The molecule has 0 aliphatic rings. The van der Waals surface area contributed by atoms with Crippen molar-refractivity contribution in [1.82, 2.24) is 10.4 Å². The summed E-state index contributed by atoms with van der Waals surface area (Å²) in [6, 6.07) is 20.5. The number of fused-ring (bicyclic) bond motifs is 1. The molecule has 1 amide bonds. The van der Waals surface area contributed by atoms with Gasteiger partial charge in [0.1, 0.15) is 5.82 Å². The van der Waals surface area contributed by atoms with Crippen LogP contribution < -0.4 is 5.43 Å². The van der Waals surface area contributed by atoms with Gasteiger partial charge in [-0.25, -0.2) is 14.8 Å². The van der Waals surface area contributed by atoms with E-state index in [-0.39, 0.29) is 11.5 Å². The van der Waals surface area contributed by atoms with Crippen molar-refractivity contribution < 1.29 is 14.1 Å². The summed E-state index contributed by atoms with van der Waals surface area (Å²) in [5.41, 5.74) is 5.23. The molecule has 0 fully saturated rings. The molecule has 3 aromatic carbocycles. The molecule has 152 valence electrons. The zero-order valence-electron chi connectivity index (χ0n) is 16.0. The number of amides is 1. The Bertz CT molecular complexity index is 1300. The summed E-state index contributed by atoms with van der Waals surface area (Å²) in [4.78, 5) is 27.6. The number of aromatic nitrogens is 1. The molecule has 0 atom stereocenters. The van der Waals surface area contributed by atoms with Crippen molar-refractivity contribution in [2.24, 2.45) is 5.10 Å². The number of nitrogens with zero attached hydrogens (tertiary/aromatic N) is 3. The van der Waals surface area contributed by atoms with Gasteiger partial charge in [-0.3, -0.25) is 14.9 Å². The summed E-state index contributed by atoms with van der Waals surface area (Å²) in [6.45, 7) is 0. The molecule has 4 aromatic rings. The van der Waals surface area contributed by atoms with Gasteiger partial charge < -0.3 is 0 Å². The Labute approximate surface area is 176 Å². The number of rotatable bonds is 5. The van der Waals surface area contributed by atoms with Gasteiger partial charge in [0, 0.05) is 23.1 Å². The van der Waals surface area contributed by atoms with Gasteiger partial charge in [0.05, 0.1) is 27.9 Å². The van der Waals surface area contributed by atoms with E-state index in [1.165, 1.54) is 42.6 Å². The number of hydrogen-bond acceptors (Lipinski definition) is 5. The lowest BCUT2D eigenvalue weighted by molar-refractivity contribution is -0.384. The molecule has 1 N–H and O–H groups in total. The number of benzene rings is 3. The second-order valence-corrected chi connectivity index (χ2v) is 6.63. The zero-order chi connectivity index (χ0) is 21.8. The monoisotopic (exact) mass is 414 g/mol. The van der Waals surface area contributed by atoms with Crippen LogP contribution in [-0.2, 0) is 0 Å². The number of non-ortho nitro benzene ring substituents is 1. The van der Waals surface area contributed by atoms with Crippen molar-refractivity contribution in [3.63, 3.8) is 0 Å². The van der Waals surface area contributed by atoms with Gasteiger partial charge >= 0.3 is 0 Å². The number of halogens is 1. The van der Waals surface area contributed by atoms with E-state index in [0.29, 0.717) is 33.3 Å². The van der Waals surface area contributed by atoms with Crippen molar-refractivity contribution in [3.8, 4) is 11.3 Å². The first-order valence-electron chi connectivity index (χ1n) is 9.25. The first-order chi connectivity index (χ1) is 15.0. The molecular formula is C23H15FN4O3. The number of nitro groups is 1. The Balaban J connectivity index is 1.62. The van der Waals surface area contributed by atoms with Gasteiger partial charge in [-0.05, 0) is 54.1 Å². The van der Waals surface area contributed by atoms with E-state index >= 15 is 0 Å². The van der Waals surface area contributed by atoms with Crippen molar-refractivity contribution in [2.75, 3.05) is 0 Å². The summed E-state index contributed by atoms with van der Waals surface area (Å²) in [5.74, 6) is -0.803. The maximum Gasteiger partial charge on any atom is 0.272 e. The topological polar surface area (TPSA) is 97.5 Å². The quantitative estimate of drug-likeness (QED) is 0.290. The van der Waals surface area contributed by atoms with E-state index in [2.05, 4.69) is 15.5 Å². The van der Waals surface area contributed by atoms with Crippen LogP contribution in [0.15, 0.2) is 84.0 Å². The molecule has 31 heavy (non-hydrogen) atoms. The van der Waals surface area contributed by atoms with E-state index in [4.69, 9.17) is 0 Å². The largest absolute Gasteiger partial charge is 0.272 e. The smallest absolute Gasteiger partial charge is 0.267 e. The molecule has 0 saturated carbocycles. The highest BCUT2D eigenvalue weighted by Gasteiger charge is 2.13. The lowest BCUT2D eigenvalue weighted by atomic mass is 10.0. The predicted octanol–water partition coefficient (Wildman–Crippen LogP) is 4.71. The predicted molar refractivity (Wildman–Crippen MR) is 115 cm³/mol. The molecule has 1 aromatic heterocycles. The van der Waals surface area contributed by atoms with E-state index in [1.54, 1.807) is 36.4 Å². The number of hydrazone groups is 1. The Hall–Kier alpha value is -4.46. The number of carbonyl (C=O) groups is 1. The third-order valence-electron chi connectivity index (χ3n) is 4.58. The molecule has 0 bridgehead atoms. The Morgan fingerprint density at radius 1 is 1.03 bits per heavy atom. The van der Waals surface area contributed by atoms with Gasteiger partial charge in [0.25, 0.3) is 11.6 Å². The van der Waals surface area contributed by atoms with Gasteiger partial charge in [0.2, 0.25) is 0 Å². The molecule has 1 heterocycles. The molecule has 4 rings (SSSR count). The van der Waals surface area contributed by atoms with Crippen LogP contribution in [0.4, 0.5) is 10.1 Å². The fraction of sp³-hybridized carbons (Fsp3) is 0. The van der Waals surface area contributed by atoms with Crippen molar-refractivity contribution in [3.05, 3.63) is 106 Å². The van der Waals surface area contributed by atoms with E-state index in [0.717, 1.165) is 0 Å². The van der Waals surface area contributed by atoms with E-state index in [1.807, 2.05) is 6.07 Å². The summed E-state index contributed by atoms with van der Waals surface area (Å²) in [5, 5.41) is 15.3. The van der Waals surface area contributed by atoms with Gasteiger partial charge in [-0.15, -0.1) is 0 Å². The van der Waals surface area contributed by atoms with Crippen LogP contribution >= 0.6 is 0 Å². The lowest BCUT2D eigenvalue weighted by Crippen LogP contribution is -2.18. The molecule has 0 spiro atoms. The maximum atomic E-state index is 13.3. The van der Waals surface area contributed by atoms with Gasteiger partial charge in [0.15, 0.2) is 0 Å². The van der Waals surface area contributed by atoms with Crippen LogP contribution in [-0.4, -0.2) is 22.0 Å². The summed E-state index contributed by atoms with van der Waals surface area (Å²) < 4.78 is 13.3. The second kappa shape index (κ2) is 8.50. The Kier molecular flexibility index (Phi) is 5.44. The molecule has 0 saturated heterocycles. The third kappa shape index (κ3) is 4.43. The molecule has 0 aliphatic carbocycles. The number of para-hydroxylation sites is 1. The second-order valence-electron chi connectivity index (χ2n) is 6.63. The first kappa shape index (κ1) is 19.8. The van der Waals surface area contributed by atoms with Crippen LogP contribution in [0.5, 0.6) is 0 Å². The molecule has 0 aliphatic heterocycles. The number of nitro benzene ring substituents is 1. The van der Waals surface area contributed by atoms with Crippen molar-refractivity contribution >= 4 is 28.7 Å². The minimum atomic E-state index is -0.490. The van der Waals surface area contributed by atoms with Crippen LogP contribution in [0, 0.1) is 15.9 Å². The first-order valence-corrected chi connectivity index (χ1v) is 9.25. The zero-order valence-corrected chi connectivity index (χ0v) is 16.0. The highest BCUT2D eigenvalue weighted by molar-refractivity contribution is 6.07. The van der Waals surface area contributed by atoms with E-state index in [9.17, 15) is 19.3 Å².